The zero-order chi connectivity index (χ0) is 23.9. The van der Waals surface area contributed by atoms with Crippen LogP contribution in [0.3, 0.4) is 0 Å². The third kappa shape index (κ3) is 3.91. The van der Waals surface area contributed by atoms with Crippen molar-refractivity contribution in [3.63, 3.8) is 0 Å². The highest BCUT2D eigenvalue weighted by Crippen LogP contribution is 2.29. The molecule has 2 aromatic carbocycles. The lowest BCUT2D eigenvalue weighted by Gasteiger charge is -2.13. The SMILES string of the molecule is CCc1ccc(-n2c(=O)c3c(C)c(C(=O)N(C)C)sc3n(Cc3ccccc3F)c2=O)cc1. The van der Waals surface area contributed by atoms with E-state index < -0.39 is 17.1 Å². The van der Waals surface area contributed by atoms with Gasteiger partial charge in [0.15, 0.2) is 0 Å². The van der Waals surface area contributed by atoms with Gasteiger partial charge in [0, 0.05) is 19.7 Å². The number of hydrogen-bond donors (Lipinski definition) is 0. The van der Waals surface area contributed by atoms with Crippen LogP contribution in [0.25, 0.3) is 15.9 Å². The molecule has 0 saturated heterocycles. The van der Waals surface area contributed by atoms with Gasteiger partial charge in [0.25, 0.3) is 11.5 Å². The highest BCUT2D eigenvalue weighted by molar-refractivity contribution is 7.20. The zero-order valence-electron chi connectivity index (χ0n) is 18.9. The Hall–Kier alpha value is -3.52. The van der Waals surface area contributed by atoms with Gasteiger partial charge in [-0.3, -0.25) is 14.2 Å². The van der Waals surface area contributed by atoms with E-state index in [4.69, 9.17) is 0 Å². The number of aryl methyl sites for hydroxylation is 2. The molecule has 170 valence electrons. The number of rotatable bonds is 5. The average Bonchev–Trinajstić information content (AvgIpc) is 3.14. The number of fused-ring (bicyclic) bond motifs is 1. The molecule has 8 heteroatoms. The van der Waals surface area contributed by atoms with E-state index in [1.54, 1.807) is 51.4 Å². The smallest absolute Gasteiger partial charge is 0.337 e. The van der Waals surface area contributed by atoms with Crippen LogP contribution in [0.15, 0.2) is 58.1 Å². The molecule has 2 heterocycles. The van der Waals surface area contributed by atoms with Crippen LogP contribution in [0.1, 0.15) is 33.3 Å². The van der Waals surface area contributed by atoms with Gasteiger partial charge < -0.3 is 4.90 Å². The van der Waals surface area contributed by atoms with Crippen molar-refractivity contribution in [2.75, 3.05) is 14.1 Å². The molecule has 33 heavy (non-hydrogen) atoms. The van der Waals surface area contributed by atoms with Crippen LogP contribution in [0.5, 0.6) is 0 Å². The Bertz CT molecular complexity index is 1480. The summed E-state index contributed by atoms with van der Waals surface area (Å²) in [6.07, 6.45) is 0.825. The number of amides is 1. The number of benzene rings is 2. The molecule has 4 rings (SSSR count). The van der Waals surface area contributed by atoms with Crippen LogP contribution in [0.4, 0.5) is 4.39 Å². The number of carbonyl (C=O) groups excluding carboxylic acids is 1. The molecule has 0 N–H and O–H groups in total. The lowest BCUT2D eigenvalue weighted by molar-refractivity contribution is 0.0831. The maximum Gasteiger partial charge on any atom is 0.337 e. The van der Waals surface area contributed by atoms with Crippen molar-refractivity contribution in [2.45, 2.75) is 26.8 Å². The van der Waals surface area contributed by atoms with Gasteiger partial charge in [0.1, 0.15) is 10.6 Å². The molecule has 0 saturated carbocycles. The highest BCUT2D eigenvalue weighted by Gasteiger charge is 2.25. The van der Waals surface area contributed by atoms with E-state index in [2.05, 4.69) is 0 Å². The van der Waals surface area contributed by atoms with Crippen LogP contribution in [-0.2, 0) is 13.0 Å². The normalized spacial score (nSPS) is 11.2. The molecule has 0 radical (unpaired) electrons. The zero-order valence-corrected chi connectivity index (χ0v) is 19.7. The summed E-state index contributed by atoms with van der Waals surface area (Å²) in [5.74, 6) is -0.697. The molecule has 0 aliphatic rings. The molecule has 6 nitrogen and oxygen atoms in total. The van der Waals surface area contributed by atoms with Crippen LogP contribution >= 0.6 is 11.3 Å². The molecule has 0 spiro atoms. The summed E-state index contributed by atoms with van der Waals surface area (Å²) in [5, 5.41) is 0.292. The molecular formula is C25H24FN3O3S. The quantitative estimate of drug-likeness (QED) is 0.448. The van der Waals surface area contributed by atoms with E-state index in [1.165, 1.54) is 15.5 Å². The van der Waals surface area contributed by atoms with Crippen LogP contribution in [0, 0.1) is 12.7 Å². The number of halogens is 1. The minimum atomic E-state index is -0.579. The van der Waals surface area contributed by atoms with E-state index in [9.17, 15) is 18.8 Å². The third-order valence-electron chi connectivity index (χ3n) is 5.70. The van der Waals surface area contributed by atoms with Crippen LogP contribution in [0.2, 0.25) is 0 Å². The van der Waals surface area contributed by atoms with Gasteiger partial charge in [-0.25, -0.2) is 13.8 Å². The van der Waals surface area contributed by atoms with Gasteiger partial charge in [-0.05, 0) is 42.7 Å². The van der Waals surface area contributed by atoms with Crippen molar-refractivity contribution < 1.29 is 9.18 Å². The molecule has 0 atom stereocenters. The first kappa shape index (κ1) is 22.7. The summed E-state index contributed by atoms with van der Waals surface area (Å²) < 4.78 is 17.0. The monoisotopic (exact) mass is 465 g/mol. The third-order valence-corrected chi connectivity index (χ3v) is 7.00. The van der Waals surface area contributed by atoms with Crippen molar-refractivity contribution in [2.24, 2.45) is 0 Å². The second-order valence-electron chi connectivity index (χ2n) is 8.06. The van der Waals surface area contributed by atoms with Crippen molar-refractivity contribution in [3.05, 3.63) is 96.8 Å². The largest absolute Gasteiger partial charge is 0.344 e. The Morgan fingerprint density at radius 2 is 1.73 bits per heavy atom. The second-order valence-corrected chi connectivity index (χ2v) is 9.06. The number of carbonyl (C=O) groups is 1. The average molecular weight is 466 g/mol. The minimum absolute atomic E-state index is 0.0646. The molecule has 4 aromatic rings. The molecule has 2 aromatic heterocycles. The van der Waals surface area contributed by atoms with E-state index >= 15 is 0 Å². The topological polar surface area (TPSA) is 64.3 Å². The summed E-state index contributed by atoms with van der Waals surface area (Å²) in [6.45, 7) is 3.66. The fourth-order valence-electron chi connectivity index (χ4n) is 3.80. The standard InChI is InChI=1S/C25H24FN3O3S/c1-5-16-10-12-18(13-11-16)29-22(30)20-15(2)21(23(31)27(3)4)33-24(20)28(25(29)32)14-17-8-6-7-9-19(17)26/h6-13H,5,14H2,1-4H3. The van der Waals surface area contributed by atoms with Gasteiger partial charge >= 0.3 is 5.69 Å². The Kier molecular flexibility index (Phi) is 6.03. The Morgan fingerprint density at radius 3 is 2.33 bits per heavy atom. The fraction of sp³-hybridized carbons (Fsp3) is 0.240. The molecule has 0 bridgehead atoms. The summed E-state index contributed by atoms with van der Waals surface area (Å²) in [5.41, 5.74) is 1.27. The lowest BCUT2D eigenvalue weighted by atomic mass is 10.1. The number of nitrogens with zero attached hydrogens (tertiary/aromatic N) is 3. The predicted molar refractivity (Wildman–Crippen MR) is 129 cm³/mol. The van der Waals surface area contributed by atoms with Crippen molar-refractivity contribution in [1.29, 1.82) is 0 Å². The van der Waals surface area contributed by atoms with Crippen molar-refractivity contribution in [3.8, 4) is 5.69 Å². The summed E-state index contributed by atoms with van der Waals surface area (Å²) in [7, 11) is 3.26. The first-order chi connectivity index (χ1) is 15.7. The maximum absolute atomic E-state index is 14.5. The van der Waals surface area contributed by atoms with Gasteiger partial charge in [-0.15, -0.1) is 11.3 Å². The van der Waals surface area contributed by atoms with Gasteiger partial charge in [0.2, 0.25) is 0 Å². The number of hydrogen-bond acceptors (Lipinski definition) is 4. The van der Waals surface area contributed by atoms with E-state index in [0.717, 1.165) is 27.9 Å². The van der Waals surface area contributed by atoms with E-state index in [-0.39, 0.29) is 12.5 Å². The first-order valence-corrected chi connectivity index (χ1v) is 11.4. The molecule has 0 fully saturated rings. The Balaban J connectivity index is 2.07. The lowest BCUT2D eigenvalue weighted by Crippen LogP contribution is -2.39. The number of thiophene rings is 1. The van der Waals surface area contributed by atoms with E-state index in [0.29, 0.717) is 31.9 Å². The van der Waals surface area contributed by atoms with E-state index in [1.807, 2.05) is 19.1 Å². The number of aromatic nitrogens is 2. The molecular weight excluding hydrogens is 441 g/mol. The van der Waals surface area contributed by atoms with Gasteiger partial charge in [-0.2, -0.15) is 0 Å². The van der Waals surface area contributed by atoms with Crippen molar-refractivity contribution in [1.82, 2.24) is 14.0 Å². The first-order valence-electron chi connectivity index (χ1n) is 10.6. The molecule has 1 amide bonds. The highest BCUT2D eigenvalue weighted by atomic mass is 32.1. The maximum atomic E-state index is 14.5. The fourth-order valence-corrected chi connectivity index (χ4v) is 5.11. The van der Waals surface area contributed by atoms with Crippen LogP contribution < -0.4 is 11.2 Å². The Morgan fingerprint density at radius 1 is 1.06 bits per heavy atom. The minimum Gasteiger partial charge on any atom is -0.344 e. The summed E-state index contributed by atoms with van der Waals surface area (Å²) >= 11 is 1.09. The van der Waals surface area contributed by atoms with Gasteiger partial charge in [0.05, 0.1) is 22.5 Å². The van der Waals surface area contributed by atoms with Crippen molar-refractivity contribution >= 4 is 27.5 Å². The summed E-state index contributed by atoms with van der Waals surface area (Å²) in [4.78, 5) is 42.1. The molecule has 0 aliphatic carbocycles. The second kappa shape index (κ2) is 8.78. The molecule has 0 aliphatic heterocycles. The van der Waals surface area contributed by atoms with Crippen LogP contribution in [-0.4, -0.2) is 34.0 Å². The Labute approximate surface area is 194 Å². The predicted octanol–water partition coefficient (Wildman–Crippen LogP) is 3.97. The molecule has 0 unspecified atom stereocenters. The van der Waals surface area contributed by atoms with Gasteiger partial charge in [-0.1, -0.05) is 37.3 Å². The summed E-state index contributed by atoms with van der Waals surface area (Å²) in [6, 6.07) is 13.4.